The summed E-state index contributed by atoms with van der Waals surface area (Å²) in [6, 6.07) is 7.98. The highest BCUT2D eigenvalue weighted by molar-refractivity contribution is 5.79. The summed E-state index contributed by atoms with van der Waals surface area (Å²) in [4.78, 5) is 12.3. The molecule has 3 atom stereocenters. The Bertz CT molecular complexity index is 503. The zero-order valence-electron chi connectivity index (χ0n) is 12.6. The van der Waals surface area contributed by atoms with Crippen molar-refractivity contribution < 1.29 is 9.53 Å². The summed E-state index contributed by atoms with van der Waals surface area (Å²) >= 11 is 0. The van der Waals surface area contributed by atoms with Gasteiger partial charge in [0.25, 0.3) is 0 Å². The number of carbonyl (C=O) groups excluding carboxylic acids is 1. The fraction of sp³-hybridized carbons (Fsp3) is 0.588. The largest absolute Gasteiger partial charge is 0.492 e. The van der Waals surface area contributed by atoms with Gasteiger partial charge in [0.05, 0.1) is 5.92 Å². The van der Waals surface area contributed by atoms with E-state index in [0.717, 1.165) is 37.4 Å². The van der Waals surface area contributed by atoms with Crippen LogP contribution in [0.2, 0.25) is 0 Å². The number of ether oxygens (including phenoxy) is 1. The highest BCUT2D eigenvalue weighted by atomic mass is 16.5. The third-order valence-electron chi connectivity index (χ3n) is 4.78. The first kappa shape index (κ1) is 14.4. The predicted octanol–water partition coefficient (Wildman–Crippen LogP) is 1.60. The van der Waals surface area contributed by atoms with Crippen LogP contribution in [0.3, 0.4) is 0 Å². The van der Waals surface area contributed by atoms with Crippen molar-refractivity contribution in [2.45, 2.75) is 19.8 Å². The predicted molar refractivity (Wildman–Crippen MR) is 82.3 cm³/mol. The zero-order valence-corrected chi connectivity index (χ0v) is 12.6. The van der Waals surface area contributed by atoms with Crippen molar-refractivity contribution in [3.63, 3.8) is 0 Å². The number of hydrogen-bond acceptors (Lipinski definition) is 3. The van der Waals surface area contributed by atoms with E-state index >= 15 is 0 Å². The summed E-state index contributed by atoms with van der Waals surface area (Å²) in [5.74, 6) is 2.20. The van der Waals surface area contributed by atoms with Crippen molar-refractivity contribution in [2.24, 2.45) is 17.8 Å². The second-order valence-corrected chi connectivity index (χ2v) is 6.30. The minimum atomic E-state index is -0.0632. The summed E-state index contributed by atoms with van der Waals surface area (Å²) in [6.07, 6.45) is 1.97. The lowest BCUT2D eigenvalue weighted by Gasteiger charge is -2.30. The van der Waals surface area contributed by atoms with Gasteiger partial charge in [0.1, 0.15) is 12.4 Å². The Morgan fingerprint density at radius 2 is 2.29 bits per heavy atom. The van der Waals surface area contributed by atoms with Gasteiger partial charge in [-0.2, -0.15) is 0 Å². The first-order valence-corrected chi connectivity index (χ1v) is 7.93. The summed E-state index contributed by atoms with van der Waals surface area (Å²) in [5.41, 5.74) is 1.14. The molecule has 0 aliphatic carbocycles. The lowest BCUT2D eigenvalue weighted by molar-refractivity contribution is -0.126. The molecule has 3 rings (SSSR count). The molecule has 0 radical (unpaired) electrons. The molecule has 2 aliphatic rings. The average molecular weight is 288 g/mol. The molecule has 21 heavy (non-hydrogen) atoms. The van der Waals surface area contributed by atoms with Gasteiger partial charge in [0.15, 0.2) is 0 Å². The fourth-order valence-electron chi connectivity index (χ4n) is 3.20. The smallest absolute Gasteiger partial charge is 0.226 e. The quantitative estimate of drug-likeness (QED) is 0.888. The van der Waals surface area contributed by atoms with E-state index in [0.29, 0.717) is 18.4 Å². The van der Waals surface area contributed by atoms with Gasteiger partial charge in [0, 0.05) is 6.54 Å². The highest BCUT2D eigenvalue weighted by Gasteiger charge is 2.27. The number of amides is 1. The molecule has 3 unspecified atom stereocenters. The van der Waals surface area contributed by atoms with E-state index in [4.69, 9.17) is 4.74 Å². The standard InChI is InChI=1S/C17H24N2O2/c1-12-6-7-18-9-15(12)10-19-17(20)14-8-13-4-2-3-5-16(13)21-11-14/h2-5,12,14-15,18H,6-11H2,1H3,(H,19,20). The van der Waals surface area contributed by atoms with Crippen LogP contribution in [0.25, 0.3) is 0 Å². The number of carbonyl (C=O) groups is 1. The van der Waals surface area contributed by atoms with Crippen LogP contribution in [-0.4, -0.2) is 32.1 Å². The average Bonchev–Trinajstić information content (AvgIpc) is 2.53. The van der Waals surface area contributed by atoms with Crippen molar-refractivity contribution in [3.05, 3.63) is 29.8 Å². The van der Waals surface area contributed by atoms with Crippen molar-refractivity contribution >= 4 is 5.91 Å². The lowest BCUT2D eigenvalue weighted by Crippen LogP contribution is -2.45. The van der Waals surface area contributed by atoms with Crippen LogP contribution in [0.15, 0.2) is 24.3 Å². The van der Waals surface area contributed by atoms with Gasteiger partial charge < -0.3 is 15.4 Å². The zero-order chi connectivity index (χ0) is 14.7. The van der Waals surface area contributed by atoms with Crippen LogP contribution in [-0.2, 0) is 11.2 Å². The van der Waals surface area contributed by atoms with E-state index in [9.17, 15) is 4.79 Å². The van der Waals surface area contributed by atoms with Gasteiger partial charge in [-0.25, -0.2) is 0 Å². The maximum absolute atomic E-state index is 12.3. The molecule has 2 aliphatic heterocycles. The molecular weight excluding hydrogens is 264 g/mol. The molecule has 2 heterocycles. The van der Waals surface area contributed by atoms with Gasteiger partial charge >= 0.3 is 0 Å². The molecule has 1 fully saturated rings. The van der Waals surface area contributed by atoms with Gasteiger partial charge in [0.2, 0.25) is 5.91 Å². The van der Waals surface area contributed by atoms with Crippen LogP contribution in [0.4, 0.5) is 0 Å². The van der Waals surface area contributed by atoms with Crippen molar-refractivity contribution in [1.29, 1.82) is 0 Å². The Hall–Kier alpha value is -1.55. The molecule has 0 aromatic heterocycles. The van der Waals surface area contributed by atoms with E-state index in [-0.39, 0.29) is 11.8 Å². The van der Waals surface area contributed by atoms with Crippen molar-refractivity contribution in [3.8, 4) is 5.75 Å². The van der Waals surface area contributed by atoms with Crippen LogP contribution in [0.1, 0.15) is 18.9 Å². The molecule has 0 spiro atoms. The molecule has 1 saturated heterocycles. The first-order valence-electron chi connectivity index (χ1n) is 7.93. The molecule has 114 valence electrons. The van der Waals surface area contributed by atoms with Gasteiger partial charge in [-0.1, -0.05) is 25.1 Å². The Morgan fingerprint density at radius 3 is 3.14 bits per heavy atom. The van der Waals surface area contributed by atoms with Crippen molar-refractivity contribution in [2.75, 3.05) is 26.2 Å². The summed E-state index contributed by atoms with van der Waals surface area (Å²) in [7, 11) is 0. The minimum Gasteiger partial charge on any atom is -0.492 e. The third-order valence-corrected chi connectivity index (χ3v) is 4.78. The van der Waals surface area contributed by atoms with Gasteiger partial charge in [-0.15, -0.1) is 0 Å². The topological polar surface area (TPSA) is 50.4 Å². The summed E-state index contributed by atoms with van der Waals surface area (Å²) in [6.45, 7) is 5.63. The molecule has 1 aromatic carbocycles. The Kier molecular flexibility index (Phi) is 4.44. The van der Waals surface area contributed by atoms with E-state index < -0.39 is 0 Å². The second-order valence-electron chi connectivity index (χ2n) is 6.30. The lowest BCUT2D eigenvalue weighted by atomic mass is 9.88. The number of piperidine rings is 1. The minimum absolute atomic E-state index is 0.0632. The molecule has 4 heteroatoms. The first-order chi connectivity index (χ1) is 10.2. The normalized spacial score (nSPS) is 28.3. The van der Waals surface area contributed by atoms with E-state index in [1.165, 1.54) is 6.42 Å². The van der Waals surface area contributed by atoms with Crippen LogP contribution >= 0.6 is 0 Å². The molecular formula is C17H24N2O2. The maximum Gasteiger partial charge on any atom is 0.226 e. The molecule has 4 nitrogen and oxygen atoms in total. The molecule has 2 N–H and O–H groups in total. The number of nitrogens with one attached hydrogen (secondary N) is 2. The van der Waals surface area contributed by atoms with E-state index in [2.05, 4.69) is 17.6 Å². The molecule has 0 bridgehead atoms. The molecule has 1 amide bonds. The van der Waals surface area contributed by atoms with Crippen LogP contribution in [0.5, 0.6) is 5.75 Å². The maximum atomic E-state index is 12.3. The molecule has 1 aromatic rings. The number of benzene rings is 1. The third kappa shape index (κ3) is 3.38. The Labute approximate surface area is 126 Å². The number of rotatable bonds is 3. The number of hydrogen-bond donors (Lipinski definition) is 2. The number of fused-ring (bicyclic) bond motifs is 1. The SMILES string of the molecule is CC1CCNCC1CNC(=O)C1COc2ccccc2C1. The second kappa shape index (κ2) is 6.48. The summed E-state index contributed by atoms with van der Waals surface area (Å²) in [5, 5.41) is 6.53. The fourth-order valence-corrected chi connectivity index (χ4v) is 3.20. The summed E-state index contributed by atoms with van der Waals surface area (Å²) < 4.78 is 5.70. The highest BCUT2D eigenvalue weighted by Crippen LogP contribution is 2.27. The Morgan fingerprint density at radius 1 is 1.43 bits per heavy atom. The van der Waals surface area contributed by atoms with Gasteiger partial charge in [-0.3, -0.25) is 4.79 Å². The van der Waals surface area contributed by atoms with Crippen LogP contribution < -0.4 is 15.4 Å². The van der Waals surface area contributed by atoms with Gasteiger partial charge in [-0.05, 0) is 49.4 Å². The number of para-hydroxylation sites is 1. The monoisotopic (exact) mass is 288 g/mol. The Balaban J connectivity index is 1.52. The van der Waals surface area contributed by atoms with Crippen LogP contribution in [0, 0.1) is 17.8 Å². The van der Waals surface area contributed by atoms with E-state index in [1.54, 1.807) is 0 Å². The van der Waals surface area contributed by atoms with Crippen molar-refractivity contribution in [1.82, 2.24) is 10.6 Å². The molecule has 0 saturated carbocycles. The van der Waals surface area contributed by atoms with E-state index in [1.807, 2.05) is 24.3 Å².